The van der Waals surface area contributed by atoms with Crippen molar-refractivity contribution in [3.63, 3.8) is 0 Å². The molecule has 2 aromatic carbocycles. The van der Waals surface area contributed by atoms with E-state index in [-0.39, 0.29) is 0 Å². The molecule has 1 atom stereocenters. The van der Waals surface area contributed by atoms with Gasteiger partial charge in [0.15, 0.2) is 8.07 Å². The minimum absolute atomic E-state index is 0.296. The Balaban J connectivity index is 2.39. The van der Waals surface area contributed by atoms with Crippen molar-refractivity contribution in [3.05, 3.63) is 90.5 Å². The molecule has 0 aliphatic heterocycles. The van der Waals surface area contributed by atoms with Gasteiger partial charge in [0.05, 0.1) is 0 Å². The van der Waals surface area contributed by atoms with Crippen LogP contribution in [0.15, 0.2) is 85.0 Å². The van der Waals surface area contributed by atoms with Crippen LogP contribution >= 0.6 is 0 Å². The summed E-state index contributed by atoms with van der Waals surface area (Å²) in [5, 5.41) is 1.48. The molecule has 0 saturated heterocycles. The van der Waals surface area contributed by atoms with E-state index in [0.29, 0.717) is 5.41 Å². The lowest BCUT2D eigenvalue weighted by molar-refractivity contribution is 0.106. The fraction of sp³-hybridized carbons (Fsp3) is 0.150. The molecular weight excluding hydrogens is 284 g/mol. The Hall–Kier alpha value is -2.19. The lowest BCUT2D eigenvalue weighted by atomic mass is 10.2. The molecule has 0 amide bonds. The largest absolute Gasteiger partial charge is 0.300 e. The van der Waals surface area contributed by atoms with E-state index in [4.69, 9.17) is 0 Å². The summed E-state index contributed by atoms with van der Waals surface area (Å²) in [6.07, 6.45) is 8.16. The van der Waals surface area contributed by atoms with E-state index in [9.17, 15) is 4.79 Å². The molecule has 0 aliphatic carbocycles. The molecule has 1 unspecified atom stereocenters. The molecule has 2 heteroatoms. The Morgan fingerprint density at radius 3 is 2.14 bits per heavy atom. The van der Waals surface area contributed by atoms with Crippen molar-refractivity contribution in [1.29, 1.82) is 0 Å². The van der Waals surface area contributed by atoms with Gasteiger partial charge in [0.1, 0.15) is 5.41 Å². The summed E-state index contributed by atoms with van der Waals surface area (Å²) in [6, 6.07) is 20.7. The fourth-order valence-electron chi connectivity index (χ4n) is 2.55. The fourth-order valence-corrected chi connectivity index (χ4v) is 5.57. The van der Waals surface area contributed by atoms with Crippen LogP contribution in [-0.2, 0) is 0 Å². The molecule has 22 heavy (non-hydrogen) atoms. The lowest BCUT2D eigenvalue weighted by Gasteiger charge is -2.25. The monoisotopic (exact) mass is 306 g/mol. The minimum atomic E-state index is -2.28. The van der Waals surface area contributed by atoms with Gasteiger partial charge in [-0.3, -0.25) is 4.79 Å². The van der Waals surface area contributed by atoms with Crippen LogP contribution in [0.2, 0.25) is 12.6 Å². The van der Waals surface area contributed by atoms with Gasteiger partial charge in [0, 0.05) is 5.56 Å². The summed E-state index contributed by atoms with van der Waals surface area (Å²) in [5.74, 6) is 0. The molecular formula is C20H22OSi. The average molecular weight is 306 g/mol. The maximum absolute atomic E-state index is 13.1. The third-order valence-corrected chi connectivity index (χ3v) is 7.86. The van der Waals surface area contributed by atoms with Crippen LogP contribution in [0.5, 0.6) is 0 Å². The number of allylic oxidation sites excluding steroid dienone is 4. The summed E-state index contributed by atoms with van der Waals surface area (Å²) >= 11 is 0. The first-order valence-corrected chi connectivity index (χ1v) is 10.3. The second-order valence-electron chi connectivity index (χ2n) is 5.55. The van der Waals surface area contributed by atoms with Crippen molar-refractivity contribution < 1.29 is 4.79 Å². The predicted octanol–water partition coefficient (Wildman–Crippen LogP) is 4.53. The van der Waals surface area contributed by atoms with Crippen LogP contribution in [0, 0.1) is 0 Å². The predicted molar refractivity (Wildman–Crippen MR) is 97.2 cm³/mol. The Morgan fingerprint density at radius 2 is 1.55 bits per heavy atom. The van der Waals surface area contributed by atoms with Gasteiger partial charge in [-0.2, -0.15) is 0 Å². The molecule has 0 radical (unpaired) electrons. The zero-order valence-corrected chi connectivity index (χ0v) is 14.2. The van der Waals surface area contributed by atoms with Gasteiger partial charge >= 0.3 is 0 Å². The molecule has 0 aliphatic rings. The van der Waals surface area contributed by atoms with Crippen molar-refractivity contribution in [1.82, 2.24) is 0 Å². The lowest BCUT2D eigenvalue weighted by Crippen LogP contribution is -2.52. The van der Waals surface area contributed by atoms with Crippen LogP contribution in [-0.4, -0.2) is 13.5 Å². The van der Waals surface area contributed by atoms with Crippen molar-refractivity contribution in [2.24, 2.45) is 0 Å². The Morgan fingerprint density at radius 1 is 0.955 bits per heavy atom. The molecule has 2 rings (SSSR count). The first kappa shape index (κ1) is 16.2. The van der Waals surface area contributed by atoms with Crippen molar-refractivity contribution in [2.45, 2.75) is 19.5 Å². The molecule has 2 aromatic rings. The zero-order chi connectivity index (χ0) is 15.8. The van der Waals surface area contributed by atoms with Crippen LogP contribution in [0.25, 0.3) is 0 Å². The van der Waals surface area contributed by atoms with Gasteiger partial charge in [0.25, 0.3) is 0 Å². The molecule has 0 aromatic heterocycles. The highest BCUT2D eigenvalue weighted by molar-refractivity contribution is 7.15. The van der Waals surface area contributed by atoms with E-state index >= 15 is 0 Å². The summed E-state index contributed by atoms with van der Waals surface area (Å²) in [7, 11) is -2.28. The van der Waals surface area contributed by atoms with Crippen molar-refractivity contribution in [3.8, 4) is 0 Å². The third kappa shape index (κ3) is 3.71. The zero-order valence-electron chi connectivity index (χ0n) is 13.2. The normalized spacial score (nSPS) is 14.3. The number of carbonyl (C=O) groups excluding carboxylic acids is 1. The third-order valence-electron chi connectivity index (χ3n) is 3.91. The number of rotatable bonds is 6. The number of carbonyl (C=O) groups is 1. The van der Waals surface area contributed by atoms with Gasteiger partial charge in [-0.25, -0.2) is 0 Å². The van der Waals surface area contributed by atoms with Gasteiger partial charge in [0.2, 0.25) is 0 Å². The molecule has 0 fully saturated rings. The second-order valence-corrected chi connectivity index (χ2v) is 9.66. The van der Waals surface area contributed by atoms with E-state index in [1.54, 1.807) is 0 Å². The average Bonchev–Trinajstić information content (AvgIpc) is 2.59. The molecule has 0 heterocycles. The Bertz CT molecular complexity index is 659. The van der Waals surface area contributed by atoms with E-state index in [1.165, 1.54) is 5.19 Å². The molecule has 112 valence electrons. The molecule has 0 spiro atoms. The van der Waals surface area contributed by atoms with Crippen LogP contribution in [0.1, 0.15) is 17.3 Å². The van der Waals surface area contributed by atoms with Crippen LogP contribution < -0.4 is 5.19 Å². The smallest absolute Gasteiger partial charge is 0.170 e. The highest BCUT2D eigenvalue weighted by Gasteiger charge is 2.37. The van der Waals surface area contributed by atoms with E-state index in [0.717, 1.165) is 11.6 Å². The Kier molecular flexibility index (Phi) is 5.67. The minimum Gasteiger partial charge on any atom is -0.300 e. The van der Waals surface area contributed by atoms with Crippen LogP contribution in [0.4, 0.5) is 0 Å². The molecule has 0 bridgehead atoms. The maximum Gasteiger partial charge on any atom is 0.170 e. The topological polar surface area (TPSA) is 17.1 Å². The molecule has 0 saturated carbocycles. The highest BCUT2D eigenvalue weighted by atomic mass is 28.3. The Labute approximate surface area is 134 Å². The maximum atomic E-state index is 13.1. The van der Waals surface area contributed by atoms with E-state index < -0.39 is 8.07 Å². The summed E-state index contributed by atoms with van der Waals surface area (Å²) in [5.41, 5.74) is 0.819. The van der Waals surface area contributed by atoms with Crippen molar-refractivity contribution >= 4 is 18.7 Å². The standard InChI is InChI=1S/C20H22OSi/c1-3-4-5-12-17-22(2,19-15-10-7-11-16-19)20(21)18-13-8-6-9-14-18/h3-16H,17H2,1-2H3/b4-3-,12-5-. The van der Waals surface area contributed by atoms with Crippen LogP contribution in [0.3, 0.4) is 0 Å². The van der Waals surface area contributed by atoms with E-state index in [2.05, 4.69) is 24.8 Å². The van der Waals surface area contributed by atoms with E-state index in [1.807, 2.05) is 73.7 Å². The summed E-state index contributed by atoms with van der Waals surface area (Å²) in [4.78, 5) is 13.1. The summed E-state index contributed by atoms with van der Waals surface area (Å²) in [6.45, 7) is 4.16. The SMILES string of the molecule is C/C=C\C=C/C[Si](C)(C(=O)c1ccccc1)c1ccccc1. The number of hydrogen-bond acceptors (Lipinski definition) is 1. The first-order valence-electron chi connectivity index (χ1n) is 7.61. The molecule has 0 N–H and O–H groups in total. The quantitative estimate of drug-likeness (QED) is 0.566. The highest BCUT2D eigenvalue weighted by Crippen LogP contribution is 2.18. The number of benzene rings is 2. The van der Waals surface area contributed by atoms with Gasteiger partial charge in [-0.1, -0.05) is 96.7 Å². The molecule has 1 nitrogen and oxygen atoms in total. The van der Waals surface area contributed by atoms with Gasteiger partial charge in [-0.15, -0.1) is 0 Å². The van der Waals surface area contributed by atoms with Gasteiger partial charge < -0.3 is 0 Å². The first-order chi connectivity index (χ1) is 10.7. The summed E-state index contributed by atoms with van der Waals surface area (Å²) < 4.78 is 0. The van der Waals surface area contributed by atoms with Crippen molar-refractivity contribution in [2.75, 3.05) is 0 Å². The second kappa shape index (κ2) is 7.71. The number of hydrogen-bond donors (Lipinski definition) is 0. The van der Waals surface area contributed by atoms with Gasteiger partial charge in [-0.05, 0) is 13.0 Å².